The number of benzene rings is 1. The van der Waals surface area contributed by atoms with E-state index in [4.69, 9.17) is 11.6 Å². The topological polar surface area (TPSA) is 78.6 Å². The molecule has 2 aromatic rings. The van der Waals surface area contributed by atoms with Crippen LogP contribution in [0.2, 0.25) is 5.02 Å². The molecule has 28 heavy (non-hydrogen) atoms. The van der Waals surface area contributed by atoms with Gasteiger partial charge < -0.3 is 19.7 Å². The average Bonchev–Trinajstić information content (AvgIpc) is 3.11. The first-order valence-corrected chi connectivity index (χ1v) is 9.59. The van der Waals surface area contributed by atoms with Crippen molar-refractivity contribution in [1.82, 2.24) is 29.9 Å². The standard InChI is InChI=1S/C19H28ClN7O/c1-5-17-24-23-14-27(17)10-9-21-19(22-12-18(28)25(2)3)26(4)13-15-7-6-8-16(20)11-15/h6-8,11,14H,5,9-10,12-13H2,1-4H3,(H,21,22). The summed E-state index contributed by atoms with van der Waals surface area (Å²) in [6.07, 6.45) is 2.55. The van der Waals surface area contributed by atoms with Gasteiger partial charge in [0.2, 0.25) is 5.91 Å². The van der Waals surface area contributed by atoms with E-state index in [9.17, 15) is 4.79 Å². The highest BCUT2D eigenvalue weighted by Gasteiger charge is 2.10. The predicted molar refractivity (Wildman–Crippen MR) is 111 cm³/mol. The minimum absolute atomic E-state index is 0.0532. The van der Waals surface area contributed by atoms with Crippen LogP contribution in [0.3, 0.4) is 0 Å². The number of aryl methyl sites for hydroxylation is 1. The molecule has 1 N–H and O–H groups in total. The molecule has 0 unspecified atom stereocenters. The smallest absolute Gasteiger partial charge is 0.243 e. The quantitative estimate of drug-likeness (QED) is 0.533. The Morgan fingerprint density at radius 2 is 2.11 bits per heavy atom. The van der Waals surface area contributed by atoms with E-state index in [-0.39, 0.29) is 12.5 Å². The van der Waals surface area contributed by atoms with Crippen molar-refractivity contribution in [1.29, 1.82) is 0 Å². The zero-order valence-electron chi connectivity index (χ0n) is 16.9. The van der Waals surface area contributed by atoms with Crippen molar-refractivity contribution in [2.24, 2.45) is 4.99 Å². The Balaban J connectivity index is 2.04. The summed E-state index contributed by atoms with van der Waals surface area (Å²) in [5.74, 6) is 1.54. The highest BCUT2D eigenvalue weighted by atomic mass is 35.5. The lowest BCUT2D eigenvalue weighted by atomic mass is 10.2. The molecule has 1 heterocycles. The van der Waals surface area contributed by atoms with Gasteiger partial charge in [0.1, 0.15) is 18.7 Å². The highest BCUT2D eigenvalue weighted by Crippen LogP contribution is 2.12. The minimum Gasteiger partial charge on any atom is -0.354 e. The Bertz CT molecular complexity index is 803. The monoisotopic (exact) mass is 405 g/mol. The van der Waals surface area contributed by atoms with Gasteiger partial charge in [-0.1, -0.05) is 30.7 Å². The maximum Gasteiger partial charge on any atom is 0.243 e. The van der Waals surface area contributed by atoms with Crippen LogP contribution in [0, 0.1) is 0 Å². The summed E-state index contributed by atoms with van der Waals surface area (Å²) < 4.78 is 2.01. The first kappa shape index (κ1) is 21.7. The molecule has 1 aromatic carbocycles. The molecule has 1 aromatic heterocycles. The van der Waals surface area contributed by atoms with Gasteiger partial charge in [-0.3, -0.25) is 4.79 Å². The van der Waals surface area contributed by atoms with Crippen molar-refractivity contribution in [3.8, 4) is 0 Å². The van der Waals surface area contributed by atoms with Gasteiger partial charge in [-0.2, -0.15) is 0 Å². The van der Waals surface area contributed by atoms with Crippen LogP contribution in [0.1, 0.15) is 18.3 Å². The molecule has 152 valence electrons. The summed E-state index contributed by atoms with van der Waals surface area (Å²) in [6, 6.07) is 7.70. The summed E-state index contributed by atoms with van der Waals surface area (Å²) >= 11 is 6.09. The Hall–Kier alpha value is -2.61. The molecule has 0 aliphatic carbocycles. The van der Waals surface area contributed by atoms with Crippen molar-refractivity contribution in [2.45, 2.75) is 26.4 Å². The Kier molecular flexibility index (Phi) is 8.25. The molecular weight excluding hydrogens is 378 g/mol. The zero-order valence-corrected chi connectivity index (χ0v) is 17.6. The number of hydrogen-bond donors (Lipinski definition) is 1. The molecule has 8 nitrogen and oxygen atoms in total. The summed E-state index contributed by atoms with van der Waals surface area (Å²) in [4.78, 5) is 19.9. The second-order valence-corrected chi connectivity index (χ2v) is 7.07. The average molecular weight is 406 g/mol. The Labute approximate surface area is 171 Å². The van der Waals surface area contributed by atoms with Gasteiger partial charge >= 0.3 is 0 Å². The number of likely N-dealkylation sites (N-methyl/N-ethyl adjacent to an activating group) is 1. The number of aromatic nitrogens is 3. The van der Waals surface area contributed by atoms with Gasteiger partial charge in [0, 0.05) is 52.2 Å². The van der Waals surface area contributed by atoms with E-state index in [0.29, 0.717) is 30.6 Å². The van der Waals surface area contributed by atoms with Gasteiger partial charge in [0.05, 0.1) is 0 Å². The van der Waals surface area contributed by atoms with Crippen molar-refractivity contribution in [3.63, 3.8) is 0 Å². The van der Waals surface area contributed by atoms with Gasteiger partial charge in [-0.25, -0.2) is 4.99 Å². The van der Waals surface area contributed by atoms with Gasteiger partial charge in [0.15, 0.2) is 5.96 Å². The summed E-state index contributed by atoms with van der Waals surface area (Å²) in [5, 5.41) is 12.1. The first-order chi connectivity index (χ1) is 13.4. The fourth-order valence-electron chi connectivity index (χ4n) is 2.61. The molecule has 0 aliphatic rings. The molecule has 0 atom stereocenters. The molecule has 0 fully saturated rings. The largest absolute Gasteiger partial charge is 0.354 e. The molecule has 1 amide bonds. The predicted octanol–water partition coefficient (Wildman–Crippen LogP) is 1.66. The van der Waals surface area contributed by atoms with Crippen molar-refractivity contribution in [2.75, 3.05) is 34.2 Å². The summed E-state index contributed by atoms with van der Waals surface area (Å²) in [6.45, 7) is 4.10. The van der Waals surface area contributed by atoms with E-state index in [1.54, 1.807) is 20.4 Å². The lowest BCUT2D eigenvalue weighted by Crippen LogP contribution is -2.41. The molecule has 2 rings (SSSR count). The highest BCUT2D eigenvalue weighted by molar-refractivity contribution is 6.30. The van der Waals surface area contributed by atoms with E-state index < -0.39 is 0 Å². The zero-order chi connectivity index (χ0) is 20.5. The third-order valence-electron chi connectivity index (χ3n) is 4.18. The maximum absolute atomic E-state index is 12.0. The molecule has 0 radical (unpaired) electrons. The van der Waals surface area contributed by atoms with Crippen LogP contribution in [0.15, 0.2) is 35.6 Å². The molecule has 0 aliphatic heterocycles. The van der Waals surface area contributed by atoms with E-state index >= 15 is 0 Å². The lowest BCUT2D eigenvalue weighted by molar-refractivity contribution is -0.127. The number of rotatable bonds is 8. The van der Waals surface area contributed by atoms with Crippen molar-refractivity contribution < 1.29 is 4.79 Å². The molecule has 0 spiro atoms. The second kappa shape index (κ2) is 10.7. The van der Waals surface area contributed by atoms with Crippen LogP contribution in [0.25, 0.3) is 0 Å². The molecular formula is C19H28ClN7O. The summed E-state index contributed by atoms with van der Waals surface area (Å²) in [5.41, 5.74) is 1.07. The number of guanidine groups is 1. The van der Waals surface area contributed by atoms with Crippen LogP contribution < -0.4 is 5.32 Å². The van der Waals surface area contributed by atoms with Crippen molar-refractivity contribution in [3.05, 3.63) is 47.0 Å². The Morgan fingerprint density at radius 3 is 2.79 bits per heavy atom. The van der Waals surface area contributed by atoms with Crippen LogP contribution >= 0.6 is 11.6 Å². The molecule has 9 heteroatoms. The second-order valence-electron chi connectivity index (χ2n) is 6.63. The Morgan fingerprint density at radius 1 is 1.32 bits per heavy atom. The number of nitrogens with one attached hydrogen (secondary N) is 1. The number of halogens is 1. The number of amides is 1. The number of nitrogens with zero attached hydrogens (tertiary/aromatic N) is 6. The fourth-order valence-corrected chi connectivity index (χ4v) is 2.82. The van der Waals surface area contributed by atoms with Gasteiger partial charge in [-0.05, 0) is 17.7 Å². The van der Waals surface area contributed by atoms with Crippen LogP contribution in [0.5, 0.6) is 0 Å². The van der Waals surface area contributed by atoms with Gasteiger partial charge in [0.25, 0.3) is 0 Å². The van der Waals surface area contributed by atoms with Crippen molar-refractivity contribution >= 4 is 23.5 Å². The van der Waals surface area contributed by atoms with Crippen LogP contribution in [-0.2, 0) is 24.3 Å². The van der Waals surface area contributed by atoms with Crippen LogP contribution in [0.4, 0.5) is 0 Å². The van der Waals surface area contributed by atoms with E-state index in [1.165, 1.54) is 4.90 Å². The van der Waals surface area contributed by atoms with Crippen LogP contribution in [-0.4, -0.2) is 70.7 Å². The van der Waals surface area contributed by atoms with Gasteiger partial charge in [-0.15, -0.1) is 10.2 Å². The lowest BCUT2D eigenvalue weighted by Gasteiger charge is -2.23. The molecule has 0 bridgehead atoms. The number of aliphatic imine (C=N–C) groups is 1. The fraction of sp³-hybridized carbons (Fsp3) is 0.474. The van der Waals surface area contributed by atoms with E-state index in [0.717, 1.165) is 17.8 Å². The molecule has 0 saturated heterocycles. The van der Waals surface area contributed by atoms with E-state index in [1.807, 2.05) is 47.7 Å². The summed E-state index contributed by atoms with van der Waals surface area (Å²) in [7, 11) is 5.38. The first-order valence-electron chi connectivity index (χ1n) is 9.21. The number of carbonyl (C=O) groups is 1. The van der Waals surface area contributed by atoms with E-state index in [2.05, 4.69) is 20.5 Å². The number of hydrogen-bond acceptors (Lipinski definition) is 4. The third kappa shape index (κ3) is 6.53. The minimum atomic E-state index is -0.0532. The number of carbonyl (C=O) groups excluding carboxylic acids is 1. The normalized spacial score (nSPS) is 11.4. The maximum atomic E-state index is 12.0. The molecule has 0 saturated carbocycles. The SMILES string of the molecule is CCc1nncn1CCNC(=NCC(=O)N(C)C)N(C)Cc1cccc(Cl)c1. The third-order valence-corrected chi connectivity index (χ3v) is 4.42.